The molecule has 2 rings (SSSR count). The van der Waals surface area contributed by atoms with Crippen LogP contribution in [0.1, 0.15) is 31.2 Å². The molecule has 7 heteroatoms. The number of nitrogens with two attached hydrogens (primary N) is 1. The first-order valence-electron chi connectivity index (χ1n) is 7.35. The Bertz CT molecular complexity index is 586. The molecule has 1 atom stereocenters. The van der Waals surface area contributed by atoms with Gasteiger partial charge >= 0.3 is 0 Å². The minimum absolute atomic E-state index is 0. The maximum atomic E-state index is 12.6. The summed E-state index contributed by atoms with van der Waals surface area (Å²) in [6, 6.07) is 4.79. The molecule has 126 valence electrons. The van der Waals surface area contributed by atoms with Gasteiger partial charge in [-0.05, 0) is 49.4 Å². The summed E-state index contributed by atoms with van der Waals surface area (Å²) in [4.78, 5) is 0.291. The Labute approximate surface area is 139 Å². The van der Waals surface area contributed by atoms with E-state index in [0.717, 1.165) is 25.7 Å². The van der Waals surface area contributed by atoms with E-state index in [0.29, 0.717) is 28.7 Å². The van der Waals surface area contributed by atoms with E-state index < -0.39 is 10.0 Å². The molecule has 1 aromatic carbocycles. The van der Waals surface area contributed by atoms with Gasteiger partial charge in [0.15, 0.2) is 0 Å². The number of hydrogen-bond donors (Lipinski definition) is 2. The highest BCUT2D eigenvalue weighted by Crippen LogP contribution is 2.29. The SMILES string of the molecule is COc1ccc(S(=O)(=O)NC(CN)C2CCCC2)c(C)c1.Cl. The van der Waals surface area contributed by atoms with Crippen molar-refractivity contribution < 1.29 is 13.2 Å². The Morgan fingerprint density at radius 2 is 2.00 bits per heavy atom. The van der Waals surface area contributed by atoms with E-state index in [9.17, 15) is 8.42 Å². The Morgan fingerprint density at radius 1 is 1.36 bits per heavy atom. The molecule has 0 amide bonds. The monoisotopic (exact) mass is 348 g/mol. The normalized spacial score (nSPS) is 17.0. The predicted molar refractivity (Wildman–Crippen MR) is 90.1 cm³/mol. The second-order valence-corrected chi connectivity index (χ2v) is 7.32. The molecule has 3 N–H and O–H groups in total. The highest BCUT2D eigenvalue weighted by Gasteiger charge is 2.29. The van der Waals surface area contributed by atoms with Crippen molar-refractivity contribution in [1.82, 2.24) is 4.72 Å². The Balaban J connectivity index is 0.00000242. The highest BCUT2D eigenvalue weighted by atomic mass is 35.5. The average Bonchev–Trinajstić information content (AvgIpc) is 2.98. The zero-order valence-electron chi connectivity index (χ0n) is 13.0. The number of nitrogens with one attached hydrogen (secondary N) is 1. The number of sulfonamides is 1. The molecular weight excluding hydrogens is 324 g/mol. The lowest BCUT2D eigenvalue weighted by Gasteiger charge is -2.23. The van der Waals surface area contributed by atoms with Crippen LogP contribution in [-0.2, 0) is 10.0 Å². The van der Waals surface area contributed by atoms with Gasteiger partial charge in [-0.25, -0.2) is 13.1 Å². The van der Waals surface area contributed by atoms with E-state index in [2.05, 4.69) is 4.72 Å². The molecule has 0 heterocycles. The van der Waals surface area contributed by atoms with Gasteiger partial charge in [0.2, 0.25) is 10.0 Å². The van der Waals surface area contributed by atoms with Crippen LogP contribution in [0.25, 0.3) is 0 Å². The maximum Gasteiger partial charge on any atom is 0.241 e. The number of aryl methyl sites for hydroxylation is 1. The van der Waals surface area contributed by atoms with Crippen LogP contribution < -0.4 is 15.2 Å². The van der Waals surface area contributed by atoms with Crippen molar-refractivity contribution in [3.8, 4) is 5.75 Å². The molecule has 0 aromatic heterocycles. The fourth-order valence-electron chi connectivity index (χ4n) is 3.01. The van der Waals surface area contributed by atoms with Gasteiger partial charge in [-0.15, -0.1) is 12.4 Å². The molecule has 1 aliphatic carbocycles. The van der Waals surface area contributed by atoms with E-state index in [1.54, 1.807) is 32.2 Å². The number of halogens is 1. The van der Waals surface area contributed by atoms with Gasteiger partial charge in [0.25, 0.3) is 0 Å². The van der Waals surface area contributed by atoms with Crippen LogP contribution in [0.4, 0.5) is 0 Å². The first-order chi connectivity index (χ1) is 9.97. The van der Waals surface area contributed by atoms with Gasteiger partial charge in [0.1, 0.15) is 5.75 Å². The van der Waals surface area contributed by atoms with Crippen molar-refractivity contribution in [2.45, 2.75) is 43.5 Å². The molecule has 0 aliphatic heterocycles. The first kappa shape index (κ1) is 19.2. The molecule has 0 bridgehead atoms. The van der Waals surface area contributed by atoms with Crippen LogP contribution in [0.15, 0.2) is 23.1 Å². The van der Waals surface area contributed by atoms with Gasteiger partial charge in [-0.2, -0.15) is 0 Å². The van der Waals surface area contributed by atoms with E-state index >= 15 is 0 Å². The number of ether oxygens (including phenoxy) is 1. The quantitative estimate of drug-likeness (QED) is 0.825. The molecule has 1 fully saturated rings. The highest BCUT2D eigenvalue weighted by molar-refractivity contribution is 7.89. The second kappa shape index (κ2) is 8.15. The topological polar surface area (TPSA) is 81.4 Å². The number of rotatable bonds is 6. The zero-order chi connectivity index (χ0) is 15.5. The van der Waals surface area contributed by atoms with Crippen LogP contribution in [-0.4, -0.2) is 28.1 Å². The van der Waals surface area contributed by atoms with Gasteiger partial charge in [-0.3, -0.25) is 0 Å². The number of hydrogen-bond acceptors (Lipinski definition) is 4. The summed E-state index contributed by atoms with van der Waals surface area (Å²) < 4.78 is 33.0. The van der Waals surface area contributed by atoms with Gasteiger partial charge in [-0.1, -0.05) is 12.8 Å². The third-order valence-corrected chi connectivity index (χ3v) is 5.85. The van der Waals surface area contributed by atoms with Gasteiger partial charge in [0, 0.05) is 12.6 Å². The lowest BCUT2D eigenvalue weighted by atomic mass is 9.99. The molecule has 22 heavy (non-hydrogen) atoms. The van der Waals surface area contributed by atoms with Crippen molar-refractivity contribution in [3.05, 3.63) is 23.8 Å². The average molecular weight is 349 g/mol. The summed E-state index contributed by atoms with van der Waals surface area (Å²) in [5.74, 6) is 1.00. The summed E-state index contributed by atoms with van der Waals surface area (Å²) in [6.45, 7) is 2.10. The van der Waals surface area contributed by atoms with Crippen molar-refractivity contribution >= 4 is 22.4 Å². The zero-order valence-corrected chi connectivity index (χ0v) is 14.7. The summed E-state index contributed by atoms with van der Waals surface area (Å²) in [5.41, 5.74) is 6.45. The molecule has 0 saturated heterocycles. The maximum absolute atomic E-state index is 12.6. The molecule has 5 nitrogen and oxygen atoms in total. The summed E-state index contributed by atoms with van der Waals surface area (Å²) >= 11 is 0. The van der Waals surface area contributed by atoms with Crippen molar-refractivity contribution in [2.24, 2.45) is 11.7 Å². The fraction of sp³-hybridized carbons (Fsp3) is 0.600. The van der Waals surface area contributed by atoms with E-state index in [4.69, 9.17) is 10.5 Å². The molecular formula is C15H25ClN2O3S. The van der Waals surface area contributed by atoms with E-state index in [1.165, 1.54) is 0 Å². The molecule has 1 aromatic rings. The van der Waals surface area contributed by atoms with Crippen molar-refractivity contribution in [3.63, 3.8) is 0 Å². The third-order valence-electron chi connectivity index (χ3n) is 4.20. The fourth-order valence-corrected chi connectivity index (χ4v) is 4.55. The second-order valence-electron chi connectivity index (χ2n) is 5.64. The summed E-state index contributed by atoms with van der Waals surface area (Å²) in [5, 5.41) is 0. The molecule has 1 saturated carbocycles. The lowest BCUT2D eigenvalue weighted by Crippen LogP contribution is -2.44. The molecule has 0 spiro atoms. The predicted octanol–water partition coefficient (Wildman–Crippen LogP) is 2.22. The smallest absolute Gasteiger partial charge is 0.241 e. The first-order valence-corrected chi connectivity index (χ1v) is 8.83. The number of benzene rings is 1. The largest absolute Gasteiger partial charge is 0.497 e. The van der Waals surface area contributed by atoms with Gasteiger partial charge in [0.05, 0.1) is 12.0 Å². The lowest BCUT2D eigenvalue weighted by molar-refractivity contribution is 0.405. The minimum atomic E-state index is -3.55. The van der Waals surface area contributed by atoms with Crippen LogP contribution in [0.3, 0.4) is 0 Å². The van der Waals surface area contributed by atoms with Crippen LogP contribution in [0.2, 0.25) is 0 Å². The summed E-state index contributed by atoms with van der Waals surface area (Å²) in [6.07, 6.45) is 4.41. The third kappa shape index (κ3) is 4.35. The van der Waals surface area contributed by atoms with Crippen LogP contribution >= 0.6 is 12.4 Å². The molecule has 0 radical (unpaired) electrons. The summed E-state index contributed by atoms with van der Waals surface area (Å²) in [7, 11) is -1.99. The van der Waals surface area contributed by atoms with Crippen LogP contribution in [0, 0.1) is 12.8 Å². The minimum Gasteiger partial charge on any atom is -0.497 e. The molecule has 1 aliphatic rings. The Kier molecular flexibility index (Phi) is 7.12. The van der Waals surface area contributed by atoms with E-state index in [1.807, 2.05) is 0 Å². The number of methoxy groups -OCH3 is 1. The van der Waals surface area contributed by atoms with Crippen molar-refractivity contribution in [2.75, 3.05) is 13.7 Å². The van der Waals surface area contributed by atoms with Crippen LogP contribution in [0.5, 0.6) is 5.75 Å². The van der Waals surface area contributed by atoms with Gasteiger partial charge < -0.3 is 10.5 Å². The molecule has 1 unspecified atom stereocenters. The standard InChI is InChI=1S/C15H24N2O3S.ClH/c1-11-9-13(20-2)7-8-15(11)21(18,19)17-14(10-16)12-5-3-4-6-12;/h7-9,12,14,17H,3-6,10,16H2,1-2H3;1H. The van der Waals surface area contributed by atoms with E-state index in [-0.39, 0.29) is 18.4 Å². The Hall–Kier alpha value is -0.820. The van der Waals surface area contributed by atoms with Crippen molar-refractivity contribution in [1.29, 1.82) is 0 Å². The Morgan fingerprint density at radius 3 is 2.50 bits per heavy atom.